The van der Waals surface area contributed by atoms with Gasteiger partial charge in [-0.25, -0.2) is 4.79 Å². The maximum Gasteiger partial charge on any atom is 0.414 e. The SMILES string of the molecule is O=C(NCC1CN(c2ccccc2)C(=O)O1)C1CCCCC1. The van der Waals surface area contributed by atoms with E-state index in [0.717, 1.165) is 31.4 Å². The van der Waals surface area contributed by atoms with E-state index in [-0.39, 0.29) is 24.0 Å². The third-order valence-corrected chi connectivity index (χ3v) is 4.42. The molecule has 1 aromatic carbocycles. The number of hydrogen-bond acceptors (Lipinski definition) is 3. The van der Waals surface area contributed by atoms with Crippen molar-refractivity contribution in [3.05, 3.63) is 30.3 Å². The molecule has 1 saturated heterocycles. The van der Waals surface area contributed by atoms with Crippen molar-refractivity contribution < 1.29 is 14.3 Å². The van der Waals surface area contributed by atoms with Crippen LogP contribution in [0.25, 0.3) is 0 Å². The van der Waals surface area contributed by atoms with Gasteiger partial charge in [-0.05, 0) is 25.0 Å². The molecule has 0 bridgehead atoms. The second-order valence-electron chi connectivity index (χ2n) is 6.03. The third-order valence-electron chi connectivity index (χ3n) is 4.42. The summed E-state index contributed by atoms with van der Waals surface area (Å²) >= 11 is 0. The van der Waals surface area contributed by atoms with E-state index in [2.05, 4.69) is 5.32 Å². The molecule has 2 fully saturated rings. The Bertz CT molecular complexity index is 526. The summed E-state index contributed by atoms with van der Waals surface area (Å²) in [5, 5.41) is 2.94. The minimum absolute atomic E-state index is 0.105. The lowest BCUT2D eigenvalue weighted by Gasteiger charge is -2.21. The maximum absolute atomic E-state index is 12.1. The van der Waals surface area contributed by atoms with Crippen molar-refractivity contribution in [1.82, 2.24) is 5.32 Å². The Morgan fingerprint density at radius 3 is 2.64 bits per heavy atom. The van der Waals surface area contributed by atoms with E-state index in [9.17, 15) is 9.59 Å². The molecular weight excluding hydrogens is 280 g/mol. The molecule has 5 heteroatoms. The standard InChI is InChI=1S/C17H22N2O3/c20-16(13-7-3-1-4-8-13)18-11-15-12-19(17(21)22-15)14-9-5-2-6-10-14/h2,5-6,9-10,13,15H,1,3-4,7-8,11-12H2,(H,18,20). The first-order valence-electron chi connectivity index (χ1n) is 8.05. The van der Waals surface area contributed by atoms with Crippen LogP contribution in [0.2, 0.25) is 0 Å². The van der Waals surface area contributed by atoms with Crippen molar-refractivity contribution >= 4 is 17.7 Å². The van der Waals surface area contributed by atoms with Gasteiger partial charge in [0.2, 0.25) is 5.91 Å². The summed E-state index contributed by atoms with van der Waals surface area (Å²) in [6.07, 6.45) is 4.84. The first kappa shape index (κ1) is 14.9. The van der Waals surface area contributed by atoms with Gasteiger partial charge in [0, 0.05) is 11.6 Å². The molecule has 1 atom stereocenters. The van der Waals surface area contributed by atoms with E-state index in [1.54, 1.807) is 4.90 Å². The number of amides is 2. The van der Waals surface area contributed by atoms with Crippen LogP contribution in [0.15, 0.2) is 30.3 Å². The molecule has 1 heterocycles. The Hall–Kier alpha value is -2.04. The number of para-hydroxylation sites is 1. The lowest BCUT2D eigenvalue weighted by molar-refractivity contribution is -0.126. The highest BCUT2D eigenvalue weighted by atomic mass is 16.6. The van der Waals surface area contributed by atoms with Crippen LogP contribution in [0.4, 0.5) is 10.5 Å². The molecule has 3 rings (SSSR count). The first-order valence-corrected chi connectivity index (χ1v) is 8.05. The quantitative estimate of drug-likeness (QED) is 0.930. The van der Waals surface area contributed by atoms with Crippen LogP contribution in [0.3, 0.4) is 0 Å². The number of benzene rings is 1. The molecule has 1 N–H and O–H groups in total. The summed E-state index contributed by atoms with van der Waals surface area (Å²) in [7, 11) is 0. The van der Waals surface area contributed by atoms with Gasteiger partial charge in [-0.1, -0.05) is 37.5 Å². The molecule has 1 aliphatic heterocycles. The number of hydrogen-bond donors (Lipinski definition) is 1. The average Bonchev–Trinajstić information content (AvgIpc) is 2.95. The van der Waals surface area contributed by atoms with E-state index in [0.29, 0.717) is 13.1 Å². The molecule has 1 saturated carbocycles. The van der Waals surface area contributed by atoms with Crippen LogP contribution in [-0.2, 0) is 9.53 Å². The van der Waals surface area contributed by atoms with E-state index in [1.165, 1.54) is 6.42 Å². The molecule has 2 amide bonds. The molecular formula is C17H22N2O3. The average molecular weight is 302 g/mol. The highest BCUT2D eigenvalue weighted by molar-refractivity contribution is 5.89. The molecule has 2 aliphatic rings. The summed E-state index contributed by atoms with van der Waals surface area (Å²) in [4.78, 5) is 25.7. The van der Waals surface area contributed by atoms with Gasteiger partial charge in [0.25, 0.3) is 0 Å². The molecule has 22 heavy (non-hydrogen) atoms. The number of carbonyl (C=O) groups is 2. The zero-order valence-corrected chi connectivity index (χ0v) is 12.7. The van der Waals surface area contributed by atoms with Crippen LogP contribution in [0.1, 0.15) is 32.1 Å². The highest BCUT2D eigenvalue weighted by Gasteiger charge is 2.33. The molecule has 0 aromatic heterocycles. The van der Waals surface area contributed by atoms with Gasteiger partial charge in [-0.3, -0.25) is 9.69 Å². The van der Waals surface area contributed by atoms with Crippen molar-refractivity contribution in [2.45, 2.75) is 38.2 Å². The van der Waals surface area contributed by atoms with Crippen molar-refractivity contribution in [2.24, 2.45) is 5.92 Å². The largest absolute Gasteiger partial charge is 0.442 e. The number of ether oxygens (including phenoxy) is 1. The third kappa shape index (κ3) is 3.40. The van der Waals surface area contributed by atoms with Gasteiger partial charge < -0.3 is 10.1 Å². The van der Waals surface area contributed by atoms with Crippen LogP contribution < -0.4 is 10.2 Å². The van der Waals surface area contributed by atoms with Gasteiger partial charge in [0.1, 0.15) is 6.10 Å². The fourth-order valence-corrected chi connectivity index (χ4v) is 3.17. The smallest absolute Gasteiger partial charge is 0.414 e. The van der Waals surface area contributed by atoms with Crippen LogP contribution >= 0.6 is 0 Å². The van der Waals surface area contributed by atoms with Gasteiger partial charge in [-0.15, -0.1) is 0 Å². The number of carbonyl (C=O) groups excluding carboxylic acids is 2. The molecule has 1 aliphatic carbocycles. The van der Waals surface area contributed by atoms with Crippen molar-refractivity contribution in [2.75, 3.05) is 18.0 Å². The second kappa shape index (κ2) is 6.81. The van der Waals surface area contributed by atoms with Crippen LogP contribution in [-0.4, -0.2) is 31.2 Å². The number of anilines is 1. The van der Waals surface area contributed by atoms with E-state index in [4.69, 9.17) is 4.74 Å². The number of nitrogens with zero attached hydrogens (tertiary/aromatic N) is 1. The Morgan fingerprint density at radius 1 is 1.18 bits per heavy atom. The van der Waals surface area contributed by atoms with Gasteiger partial charge >= 0.3 is 6.09 Å². The van der Waals surface area contributed by atoms with Crippen molar-refractivity contribution in [1.29, 1.82) is 0 Å². The summed E-state index contributed by atoms with van der Waals surface area (Å²) in [5.41, 5.74) is 0.827. The Balaban J connectivity index is 1.50. The van der Waals surface area contributed by atoms with Crippen molar-refractivity contribution in [3.8, 4) is 0 Å². The minimum atomic E-state index is -0.344. The topological polar surface area (TPSA) is 58.6 Å². The van der Waals surface area contributed by atoms with Crippen LogP contribution in [0.5, 0.6) is 0 Å². The van der Waals surface area contributed by atoms with Crippen LogP contribution in [0, 0.1) is 5.92 Å². The summed E-state index contributed by atoms with van der Waals surface area (Å²) in [6, 6.07) is 9.45. The first-order chi connectivity index (χ1) is 10.7. The molecule has 1 aromatic rings. The number of cyclic esters (lactones) is 1. The zero-order chi connectivity index (χ0) is 15.4. The van der Waals surface area contributed by atoms with E-state index >= 15 is 0 Å². The highest BCUT2D eigenvalue weighted by Crippen LogP contribution is 2.24. The predicted octanol–water partition coefficient (Wildman–Crippen LogP) is 2.71. The molecule has 118 valence electrons. The lowest BCUT2D eigenvalue weighted by Crippen LogP contribution is -2.38. The van der Waals surface area contributed by atoms with Gasteiger partial charge in [0.15, 0.2) is 0 Å². The molecule has 0 spiro atoms. The van der Waals surface area contributed by atoms with Gasteiger partial charge in [-0.2, -0.15) is 0 Å². The molecule has 5 nitrogen and oxygen atoms in total. The zero-order valence-electron chi connectivity index (χ0n) is 12.7. The summed E-state index contributed by atoms with van der Waals surface area (Å²) in [6.45, 7) is 0.873. The Labute approximate surface area is 130 Å². The van der Waals surface area contributed by atoms with Gasteiger partial charge in [0.05, 0.1) is 13.1 Å². The summed E-state index contributed by atoms with van der Waals surface area (Å²) in [5.74, 6) is 0.241. The number of nitrogens with one attached hydrogen (secondary N) is 1. The fraction of sp³-hybridized carbons (Fsp3) is 0.529. The van der Waals surface area contributed by atoms with Crippen molar-refractivity contribution in [3.63, 3.8) is 0 Å². The maximum atomic E-state index is 12.1. The predicted molar refractivity (Wildman–Crippen MR) is 83.6 cm³/mol. The fourth-order valence-electron chi connectivity index (χ4n) is 3.17. The Kier molecular flexibility index (Phi) is 4.61. The normalized spacial score (nSPS) is 22.5. The number of rotatable bonds is 4. The van der Waals surface area contributed by atoms with E-state index in [1.807, 2.05) is 30.3 Å². The lowest BCUT2D eigenvalue weighted by atomic mass is 9.88. The minimum Gasteiger partial charge on any atom is -0.442 e. The van der Waals surface area contributed by atoms with E-state index < -0.39 is 0 Å². The molecule has 1 unspecified atom stereocenters. The monoisotopic (exact) mass is 302 g/mol. The molecule has 0 radical (unpaired) electrons. The second-order valence-corrected chi connectivity index (χ2v) is 6.03. The summed E-state index contributed by atoms with van der Waals surface area (Å²) < 4.78 is 5.34. The Morgan fingerprint density at radius 2 is 1.91 bits per heavy atom.